The van der Waals surface area contributed by atoms with E-state index in [4.69, 9.17) is 23.2 Å². The Balaban J connectivity index is 3.75. The summed E-state index contributed by atoms with van der Waals surface area (Å²) in [7, 11) is 0. The molecule has 0 rings (SSSR count). The van der Waals surface area contributed by atoms with Crippen molar-refractivity contribution in [2.24, 2.45) is 0 Å². The first-order chi connectivity index (χ1) is 4.76. The molecule has 0 radical (unpaired) electrons. The molecule has 0 fully saturated rings. The summed E-state index contributed by atoms with van der Waals surface area (Å²) in [6, 6.07) is 0. The summed E-state index contributed by atoms with van der Waals surface area (Å²) in [5, 5.41) is 0. The number of hydrogen-bond donors (Lipinski definition) is 0. The fourth-order valence-electron chi connectivity index (χ4n) is 0.754. The average Bonchev–Trinajstić information content (AvgIpc) is 1.91. The summed E-state index contributed by atoms with van der Waals surface area (Å²) in [5.41, 5.74) is 1.39. The first kappa shape index (κ1) is 10.3. The van der Waals surface area contributed by atoms with Gasteiger partial charge in [-0.15, -0.1) is 11.6 Å². The molecule has 3 heteroatoms. The number of rotatable bonds is 4. The largest absolute Gasteiger partial charge is 0.285 e. The first-order valence-corrected chi connectivity index (χ1v) is 4.28. The molecule has 0 aromatic heterocycles. The van der Waals surface area contributed by atoms with Gasteiger partial charge in [-0.25, -0.2) is 0 Å². The Morgan fingerprint density at radius 3 is 2.20 bits per heavy atom. The second-order valence-electron chi connectivity index (χ2n) is 1.91. The molecule has 60 valence electrons. The van der Waals surface area contributed by atoms with Gasteiger partial charge in [-0.05, 0) is 19.2 Å². The van der Waals surface area contributed by atoms with Crippen LogP contribution in [0.25, 0.3) is 0 Å². The summed E-state index contributed by atoms with van der Waals surface area (Å²) >= 11 is 11.3. The molecule has 1 nitrogen and oxygen atoms in total. The molecule has 0 aromatic carbocycles. The number of alkyl halides is 1. The zero-order valence-electron chi connectivity index (χ0n) is 6.35. The number of likely N-dealkylation sites (N-methyl/N-ethyl adjacent to an activating group) is 1. The van der Waals surface area contributed by atoms with Crippen molar-refractivity contribution in [3.8, 4) is 0 Å². The fourth-order valence-corrected chi connectivity index (χ4v) is 1.32. The Labute approximate surface area is 72.6 Å². The molecule has 0 saturated carbocycles. The van der Waals surface area contributed by atoms with Crippen molar-refractivity contribution >= 4 is 23.2 Å². The van der Waals surface area contributed by atoms with Crippen LogP contribution >= 0.6 is 23.2 Å². The number of halogens is 2. The molecule has 0 aliphatic carbocycles. The van der Waals surface area contributed by atoms with Gasteiger partial charge < -0.3 is 0 Å². The molecule has 1 unspecified atom stereocenters. The van der Waals surface area contributed by atoms with Crippen LogP contribution in [-0.4, -0.2) is 23.5 Å². The van der Waals surface area contributed by atoms with Crippen LogP contribution in [-0.2, 0) is 0 Å². The summed E-state index contributed by atoms with van der Waals surface area (Å²) < 4.78 is 0. The monoisotopic (exact) mass is 181 g/mol. The Morgan fingerprint density at radius 2 is 1.90 bits per heavy atom. The molecular formula is C7H13Cl2N. The third kappa shape index (κ3) is 3.45. The molecule has 0 bridgehead atoms. The lowest BCUT2D eigenvalue weighted by Crippen LogP contribution is -2.29. The number of hydrogen-bond acceptors (Lipinski definition) is 1. The van der Waals surface area contributed by atoms with Gasteiger partial charge in [0, 0.05) is 5.54 Å². The second kappa shape index (κ2) is 6.02. The smallest absolute Gasteiger partial charge is 0.105 e. The van der Waals surface area contributed by atoms with Crippen molar-refractivity contribution in [3.05, 3.63) is 11.6 Å². The van der Waals surface area contributed by atoms with E-state index in [-0.39, 0.29) is 5.50 Å². The van der Waals surface area contributed by atoms with Gasteiger partial charge in [0.1, 0.15) is 5.50 Å². The standard InChI is InChI=1S/C7H13Cl2N/c1-3-10(4-2)7(9)5-6-8/h5-7H,3-4H2,1-2H3. The van der Waals surface area contributed by atoms with Gasteiger partial charge in [-0.2, -0.15) is 0 Å². The van der Waals surface area contributed by atoms with E-state index in [2.05, 4.69) is 18.7 Å². The first-order valence-electron chi connectivity index (χ1n) is 3.41. The number of nitrogens with zero attached hydrogens (tertiary/aromatic N) is 1. The van der Waals surface area contributed by atoms with Crippen molar-refractivity contribution in [3.63, 3.8) is 0 Å². The van der Waals surface area contributed by atoms with Gasteiger partial charge in [-0.1, -0.05) is 25.4 Å². The summed E-state index contributed by atoms with van der Waals surface area (Å²) in [6.07, 6.45) is 1.76. The van der Waals surface area contributed by atoms with Crippen molar-refractivity contribution in [2.75, 3.05) is 13.1 Å². The highest BCUT2D eigenvalue weighted by atomic mass is 35.5. The maximum Gasteiger partial charge on any atom is 0.105 e. The molecule has 0 amide bonds. The van der Waals surface area contributed by atoms with Gasteiger partial charge in [0.05, 0.1) is 0 Å². The van der Waals surface area contributed by atoms with Crippen LogP contribution < -0.4 is 0 Å². The maximum absolute atomic E-state index is 5.90. The zero-order valence-corrected chi connectivity index (χ0v) is 7.86. The highest BCUT2D eigenvalue weighted by molar-refractivity contribution is 6.27. The van der Waals surface area contributed by atoms with Gasteiger partial charge in [0.2, 0.25) is 0 Å². The van der Waals surface area contributed by atoms with Crippen LogP contribution in [0, 0.1) is 0 Å². The van der Waals surface area contributed by atoms with Crippen LogP contribution in [0.1, 0.15) is 13.8 Å². The molecule has 0 aliphatic heterocycles. The minimum Gasteiger partial charge on any atom is -0.285 e. The second-order valence-corrected chi connectivity index (χ2v) is 2.61. The minimum absolute atomic E-state index is 0.0625. The molecule has 0 aliphatic rings. The van der Waals surface area contributed by atoms with Crippen molar-refractivity contribution in [1.29, 1.82) is 0 Å². The molecule has 0 saturated heterocycles. The van der Waals surface area contributed by atoms with E-state index in [1.54, 1.807) is 6.08 Å². The van der Waals surface area contributed by atoms with Crippen molar-refractivity contribution in [1.82, 2.24) is 4.90 Å². The van der Waals surface area contributed by atoms with E-state index in [0.29, 0.717) is 0 Å². The summed E-state index contributed by atoms with van der Waals surface area (Å²) in [4.78, 5) is 2.10. The lowest BCUT2D eigenvalue weighted by atomic mass is 10.4. The molecule has 0 heterocycles. The van der Waals surface area contributed by atoms with E-state index < -0.39 is 0 Å². The van der Waals surface area contributed by atoms with Crippen LogP contribution in [0.5, 0.6) is 0 Å². The highest BCUT2D eigenvalue weighted by Gasteiger charge is 2.06. The molecule has 1 atom stereocenters. The highest BCUT2D eigenvalue weighted by Crippen LogP contribution is 2.05. The van der Waals surface area contributed by atoms with Gasteiger partial charge in [0.25, 0.3) is 0 Å². The fraction of sp³-hybridized carbons (Fsp3) is 0.714. The average molecular weight is 182 g/mol. The Hall–Kier alpha value is 0.280. The molecule has 10 heavy (non-hydrogen) atoms. The quantitative estimate of drug-likeness (QED) is 0.477. The van der Waals surface area contributed by atoms with E-state index in [1.165, 1.54) is 5.54 Å². The van der Waals surface area contributed by atoms with E-state index >= 15 is 0 Å². The van der Waals surface area contributed by atoms with Crippen LogP contribution in [0.15, 0.2) is 11.6 Å². The van der Waals surface area contributed by atoms with Crippen LogP contribution in [0.3, 0.4) is 0 Å². The van der Waals surface area contributed by atoms with Crippen molar-refractivity contribution < 1.29 is 0 Å². The summed E-state index contributed by atoms with van der Waals surface area (Å²) in [5.74, 6) is 0. The Bertz CT molecular complexity index is 99.8. The van der Waals surface area contributed by atoms with Gasteiger partial charge in [0.15, 0.2) is 0 Å². The summed E-state index contributed by atoms with van der Waals surface area (Å²) in [6.45, 7) is 6.04. The third-order valence-electron chi connectivity index (χ3n) is 1.39. The predicted octanol–water partition coefficient (Wildman–Crippen LogP) is 2.65. The van der Waals surface area contributed by atoms with Gasteiger partial charge >= 0.3 is 0 Å². The van der Waals surface area contributed by atoms with Crippen molar-refractivity contribution in [2.45, 2.75) is 19.3 Å². The molecule has 0 aromatic rings. The lowest BCUT2D eigenvalue weighted by molar-refractivity contribution is 0.311. The van der Waals surface area contributed by atoms with Crippen LogP contribution in [0.4, 0.5) is 0 Å². The topological polar surface area (TPSA) is 3.24 Å². The zero-order chi connectivity index (χ0) is 7.98. The SMILES string of the molecule is CCN(CC)C(Cl)C=CCl. The third-order valence-corrected chi connectivity index (χ3v) is 1.96. The minimum atomic E-state index is -0.0625. The molecule has 0 N–H and O–H groups in total. The van der Waals surface area contributed by atoms with E-state index in [0.717, 1.165) is 13.1 Å². The maximum atomic E-state index is 5.90. The molecular weight excluding hydrogens is 169 g/mol. The van der Waals surface area contributed by atoms with E-state index in [9.17, 15) is 0 Å². The Morgan fingerprint density at radius 1 is 1.40 bits per heavy atom. The van der Waals surface area contributed by atoms with Crippen LogP contribution in [0.2, 0.25) is 0 Å². The lowest BCUT2D eigenvalue weighted by Gasteiger charge is -2.20. The predicted molar refractivity (Wildman–Crippen MR) is 47.6 cm³/mol. The Kier molecular flexibility index (Phi) is 6.19. The van der Waals surface area contributed by atoms with E-state index in [1.807, 2.05) is 0 Å². The normalized spacial score (nSPS) is 14.9. The van der Waals surface area contributed by atoms with Gasteiger partial charge in [-0.3, -0.25) is 4.90 Å². The molecule has 0 spiro atoms.